The summed E-state index contributed by atoms with van der Waals surface area (Å²) in [6.45, 7) is 0.440. The predicted molar refractivity (Wildman–Crippen MR) is 106 cm³/mol. The standard InChI is InChI=1S/C19H14BrN3O5/c20-12-2-4-13(5-3-12)23-18(25)14(17(24)22-19(23)26)9-21-8-11-1-6-15-16(7-11)28-10-27-15/h1-7,9,25H,8,10H2,(H,22,24,26). The molecule has 0 fully saturated rings. The summed E-state index contributed by atoms with van der Waals surface area (Å²) in [5.41, 5.74) is -0.309. The number of halogens is 1. The van der Waals surface area contributed by atoms with Crippen LogP contribution in [-0.4, -0.2) is 27.7 Å². The first-order valence-electron chi connectivity index (χ1n) is 8.25. The van der Waals surface area contributed by atoms with E-state index < -0.39 is 17.1 Å². The average Bonchev–Trinajstić information content (AvgIpc) is 3.13. The number of nitrogens with one attached hydrogen (secondary N) is 1. The van der Waals surface area contributed by atoms with Gasteiger partial charge in [-0.3, -0.25) is 14.8 Å². The van der Waals surface area contributed by atoms with Crippen molar-refractivity contribution in [2.24, 2.45) is 4.99 Å². The van der Waals surface area contributed by atoms with Crippen LogP contribution >= 0.6 is 15.9 Å². The molecule has 0 saturated carbocycles. The number of rotatable bonds is 4. The number of aromatic nitrogens is 2. The van der Waals surface area contributed by atoms with E-state index in [1.54, 1.807) is 36.4 Å². The van der Waals surface area contributed by atoms with E-state index in [4.69, 9.17) is 9.47 Å². The van der Waals surface area contributed by atoms with Crippen molar-refractivity contribution in [2.75, 3.05) is 6.79 Å². The van der Waals surface area contributed by atoms with Crippen molar-refractivity contribution in [2.45, 2.75) is 6.54 Å². The summed E-state index contributed by atoms with van der Waals surface area (Å²) in [7, 11) is 0. The Kier molecular flexibility index (Phi) is 4.74. The quantitative estimate of drug-likeness (QED) is 0.601. The lowest BCUT2D eigenvalue weighted by molar-refractivity contribution is 0.174. The van der Waals surface area contributed by atoms with Crippen molar-refractivity contribution in [1.29, 1.82) is 0 Å². The van der Waals surface area contributed by atoms with E-state index >= 15 is 0 Å². The van der Waals surface area contributed by atoms with Gasteiger partial charge >= 0.3 is 5.69 Å². The van der Waals surface area contributed by atoms with Gasteiger partial charge in [0.2, 0.25) is 12.7 Å². The summed E-state index contributed by atoms with van der Waals surface area (Å²) in [6.07, 6.45) is 1.24. The molecule has 0 unspecified atom stereocenters. The van der Waals surface area contributed by atoms with E-state index in [0.29, 0.717) is 17.2 Å². The molecule has 0 aliphatic carbocycles. The number of nitrogens with zero attached hydrogens (tertiary/aromatic N) is 2. The molecule has 0 atom stereocenters. The Hall–Kier alpha value is -3.33. The molecule has 8 nitrogen and oxygen atoms in total. The lowest BCUT2D eigenvalue weighted by Crippen LogP contribution is -2.31. The van der Waals surface area contributed by atoms with Crippen LogP contribution in [0.15, 0.2) is 61.5 Å². The minimum absolute atomic E-state index is 0.108. The maximum atomic E-state index is 12.2. The maximum Gasteiger partial charge on any atom is 0.335 e. The molecule has 3 aromatic rings. The van der Waals surface area contributed by atoms with Crippen LogP contribution in [0.5, 0.6) is 17.4 Å². The summed E-state index contributed by atoms with van der Waals surface area (Å²) >= 11 is 3.31. The molecule has 0 radical (unpaired) electrons. The second kappa shape index (κ2) is 7.35. The van der Waals surface area contributed by atoms with E-state index in [9.17, 15) is 14.7 Å². The van der Waals surface area contributed by atoms with Crippen LogP contribution in [0.4, 0.5) is 0 Å². The topological polar surface area (TPSA) is 106 Å². The van der Waals surface area contributed by atoms with Crippen molar-refractivity contribution in [1.82, 2.24) is 9.55 Å². The largest absolute Gasteiger partial charge is 0.493 e. The van der Waals surface area contributed by atoms with E-state index in [0.717, 1.165) is 14.6 Å². The number of benzene rings is 2. The number of hydrogen-bond acceptors (Lipinski definition) is 6. The van der Waals surface area contributed by atoms with Crippen molar-refractivity contribution in [3.63, 3.8) is 0 Å². The van der Waals surface area contributed by atoms with Gasteiger partial charge in [0, 0.05) is 10.7 Å². The second-order valence-electron chi connectivity index (χ2n) is 5.97. The summed E-state index contributed by atoms with van der Waals surface area (Å²) < 4.78 is 12.4. The molecule has 4 rings (SSSR count). The Morgan fingerprint density at radius 3 is 2.68 bits per heavy atom. The molecule has 2 aromatic carbocycles. The Morgan fingerprint density at radius 1 is 1.14 bits per heavy atom. The normalized spacial score (nSPS) is 12.6. The molecule has 1 aliphatic rings. The van der Waals surface area contributed by atoms with Gasteiger partial charge in [0.15, 0.2) is 11.5 Å². The van der Waals surface area contributed by atoms with E-state index in [1.165, 1.54) is 6.21 Å². The van der Waals surface area contributed by atoms with Gasteiger partial charge < -0.3 is 14.6 Å². The highest BCUT2D eigenvalue weighted by atomic mass is 79.9. The zero-order valence-corrected chi connectivity index (χ0v) is 16.0. The molecule has 9 heteroatoms. The molecular weight excluding hydrogens is 430 g/mol. The average molecular weight is 444 g/mol. The molecule has 0 bridgehead atoms. The van der Waals surface area contributed by atoms with Crippen molar-refractivity contribution in [3.8, 4) is 23.1 Å². The van der Waals surface area contributed by atoms with Crippen LogP contribution < -0.4 is 20.7 Å². The van der Waals surface area contributed by atoms with Gasteiger partial charge in [-0.15, -0.1) is 0 Å². The van der Waals surface area contributed by atoms with E-state index in [1.807, 2.05) is 6.07 Å². The molecule has 142 valence electrons. The van der Waals surface area contributed by atoms with Gasteiger partial charge in [0.05, 0.1) is 12.2 Å². The predicted octanol–water partition coefficient (Wildman–Crippen LogP) is 2.34. The fourth-order valence-electron chi connectivity index (χ4n) is 2.77. The van der Waals surface area contributed by atoms with Crippen LogP contribution in [-0.2, 0) is 6.54 Å². The molecular formula is C19H14BrN3O5. The fraction of sp³-hybridized carbons (Fsp3) is 0.105. The van der Waals surface area contributed by atoms with Gasteiger partial charge in [-0.1, -0.05) is 22.0 Å². The first-order valence-corrected chi connectivity index (χ1v) is 9.05. The molecule has 2 heterocycles. The number of aliphatic imine (C=N–C) groups is 1. The molecule has 28 heavy (non-hydrogen) atoms. The molecule has 2 N–H and O–H groups in total. The highest BCUT2D eigenvalue weighted by Crippen LogP contribution is 2.32. The number of hydrogen-bond donors (Lipinski definition) is 2. The van der Waals surface area contributed by atoms with Crippen LogP contribution in [0.1, 0.15) is 11.1 Å². The van der Waals surface area contributed by atoms with Crippen molar-refractivity contribution in [3.05, 3.63) is 78.9 Å². The Labute approximate surface area is 166 Å². The fourth-order valence-corrected chi connectivity index (χ4v) is 3.03. The Morgan fingerprint density at radius 2 is 1.89 bits per heavy atom. The van der Waals surface area contributed by atoms with Crippen molar-refractivity contribution < 1.29 is 14.6 Å². The summed E-state index contributed by atoms with van der Waals surface area (Å²) in [5, 5.41) is 10.5. The van der Waals surface area contributed by atoms with Crippen molar-refractivity contribution >= 4 is 22.1 Å². The zero-order valence-electron chi connectivity index (χ0n) is 14.4. The number of aromatic amines is 1. The van der Waals surface area contributed by atoms with Gasteiger partial charge in [-0.05, 0) is 42.0 Å². The van der Waals surface area contributed by atoms with E-state index in [-0.39, 0.29) is 18.9 Å². The lowest BCUT2D eigenvalue weighted by Gasteiger charge is -2.09. The highest BCUT2D eigenvalue weighted by Gasteiger charge is 2.15. The lowest BCUT2D eigenvalue weighted by atomic mass is 10.2. The highest BCUT2D eigenvalue weighted by molar-refractivity contribution is 9.10. The van der Waals surface area contributed by atoms with Gasteiger partial charge in [-0.25, -0.2) is 9.36 Å². The van der Waals surface area contributed by atoms with Gasteiger partial charge in [0.25, 0.3) is 5.56 Å². The monoisotopic (exact) mass is 443 g/mol. The van der Waals surface area contributed by atoms with Gasteiger partial charge in [0.1, 0.15) is 5.56 Å². The zero-order chi connectivity index (χ0) is 19.7. The summed E-state index contributed by atoms with van der Waals surface area (Å²) in [4.78, 5) is 30.7. The van der Waals surface area contributed by atoms with Crippen LogP contribution in [0.25, 0.3) is 5.69 Å². The first-order chi connectivity index (χ1) is 13.5. The van der Waals surface area contributed by atoms with E-state index in [2.05, 4.69) is 25.9 Å². The summed E-state index contributed by atoms with van der Waals surface area (Å²) in [6, 6.07) is 12.1. The minimum Gasteiger partial charge on any atom is -0.493 e. The molecule has 1 aliphatic heterocycles. The smallest absolute Gasteiger partial charge is 0.335 e. The number of fused-ring (bicyclic) bond motifs is 1. The summed E-state index contributed by atoms with van der Waals surface area (Å²) in [5.74, 6) is 0.825. The number of H-pyrrole nitrogens is 1. The van der Waals surface area contributed by atoms with Crippen LogP contribution in [0, 0.1) is 0 Å². The SMILES string of the molecule is O=c1[nH]c(=O)n(-c2ccc(Br)cc2)c(O)c1C=NCc1ccc2c(c1)OCO2. The third kappa shape index (κ3) is 3.44. The second-order valence-corrected chi connectivity index (χ2v) is 6.88. The third-order valence-electron chi connectivity index (χ3n) is 4.14. The van der Waals surface area contributed by atoms with Gasteiger partial charge in [-0.2, -0.15) is 0 Å². The Balaban J connectivity index is 1.65. The number of aromatic hydroxyl groups is 1. The molecule has 0 amide bonds. The Bertz CT molecular complexity index is 1180. The maximum absolute atomic E-state index is 12.2. The first kappa shape index (κ1) is 18.1. The molecule has 0 saturated heterocycles. The third-order valence-corrected chi connectivity index (χ3v) is 4.67. The minimum atomic E-state index is -0.738. The van der Waals surface area contributed by atoms with Crippen LogP contribution in [0.3, 0.4) is 0 Å². The van der Waals surface area contributed by atoms with Crippen LogP contribution in [0.2, 0.25) is 0 Å². The molecule has 1 aromatic heterocycles. The number of ether oxygens (including phenoxy) is 2. The molecule has 0 spiro atoms.